The van der Waals surface area contributed by atoms with E-state index in [1.165, 1.54) is 49.4 Å². The summed E-state index contributed by atoms with van der Waals surface area (Å²) in [5.74, 6) is 0. The quantitative estimate of drug-likeness (QED) is 0.114. The maximum absolute atomic E-state index is 4.41. The van der Waals surface area contributed by atoms with Crippen molar-refractivity contribution in [3.8, 4) is 44.5 Å². The summed E-state index contributed by atoms with van der Waals surface area (Å²) in [5, 5.41) is 7.08. The Morgan fingerprint density at radius 3 is 1.57 bits per heavy atom. The molecule has 68 heavy (non-hydrogen) atoms. The summed E-state index contributed by atoms with van der Waals surface area (Å²) in [4.78, 5) is 0. The first kappa shape index (κ1) is 46.7. The van der Waals surface area contributed by atoms with Gasteiger partial charge in [0.2, 0.25) is 0 Å². The molecule has 0 bridgehead atoms. The van der Waals surface area contributed by atoms with E-state index < -0.39 is 0 Å². The summed E-state index contributed by atoms with van der Waals surface area (Å²) in [7, 11) is 0. The van der Waals surface area contributed by atoms with Gasteiger partial charge in [-0.2, -0.15) is 0 Å². The standard InChI is InChI=1S/C66H56.C2H6/c1-9-25-46(26-10-2)62-51(13-5)52(14-6)65(59-33-23-22-32-58(59)62)60-41-40-53(54-28-18-19-29-55(54)60)44-34-37-47(38-35-44)63-49(11-3)50(12-4)64(57-31-21-20-30-56(57)63)48-39-36-45-27-17-15-16-24-42-66(7,8)61(45)43-48;1-2/h9-26,28-41,43H,1,3-6,27,42H2,2,7-8H3;1-2H3/b17-15-,24-16-,26-10-,46-25+;. The molecule has 0 aromatic heterocycles. The van der Waals surface area contributed by atoms with Gasteiger partial charge in [-0.05, 0) is 147 Å². The Bertz CT molecular complexity index is 3400. The molecule has 0 nitrogen and oxygen atoms in total. The van der Waals surface area contributed by atoms with Gasteiger partial charge in [0.05, 0.1) is 0 Å². The zero-order valence-electron chi connectivity index (χ0n) is 40.5. The van der Waals surface area contributed by atoms with Gasteiger partial charge in [0, 0.05) is 0 Å². The first-order valence-electron chi connectivity index (χ1n) is 24.0. The minimum atomic E-state index is -0.0182. The molecular formula is C68H62. The number of allylic oxidation sites excluding steroid dienone is 9. The minimum absolute atomic E-state index is 0.0182. The predicted octanol–water partition coefficient (Wildman–Crippen LogP) is 19.9. The van der Waals surface area contributed by atoms with Crippen LogP contribution in [0.5, 0.6) is 0 Å². The fourth-order valence-electron chi connectivity index (χ4n) is 10.5. The Balaban J connectivity index is 0.00000308. The van der Waals surface area contributed by atoms with Crippen molar-refractivity contribution in [2.24, 2.45) is 0 Å². The van der Waals surface area contributed by atoms with Crippen molar-refractivity contribution in [3.63, 3.8) is 0 Å². The number of rotatable bonds is 11. The number of hydrogen-bond acceptors (Lipinski definition) is 0. The summed E-state index contributed by atoms with van der Waals surface area (Å²) >= 11 is 0. The summed E-state index contributed by atoms with van der Waals surface area (Å²) in [6.45, 7) is 32.3. The van der Waals surface area contributed by atoms with Gasteiger partial charge in [-0.3, -0.25) is 0 Å². The first-order chi connectivity index (χ1) is 33.3. The molecule has 0 radical (unpaired) electrons. The molecule has 0 spiro atoms. The molecule has 1 aliphatic rings. The highest BCUT2D eigenvalue weighted by Gasteiger charge is 2.26. The lowest BCUT2D eigenvalue weighted by molar-refractivity contribution is 0.530. The van der Waals surface area contributed by atoms with Gasteiger partial charge in [-0.25, -0.2) is 0 Å². The Morgan fingerprint density at radius 1 is 0.500 bits per heavy atom. The van der Waals surface area contributed by atoms with Crippen LogP contribution in [0.15, 0.2) is 209 Å². The highest BCUT2D eigenvalue weighted by molar-refractivity contribution is 6.16. The molecule has 0 aliphatic heterocycles. The van der Waals surface area contributed by atoms with Gasteiger partial charge in [-0.1, -0.05) is 261 Å². The molecule has 8 aromatic carbocycles. The maximum atomic E-state index is 4.41. The van der Waals surface area contributed by atoms with Crippen LogP contribution in [-0.4, -0.2) is 0 Å². The zero-order chi connectivity index (χ0) is 48.0. The van der Waals surface area contributed by atoms with Crippen LogP contribution in [0.2, 0.25) is 0 Å². The number of hydrogen-bond donors (Lipinski definition) is 0. The summed E-state index contributed by atoms with van der Waals surface area (Å²) in [5.41, 5.74) is 18.6. The third kappa shape index (κ3) is 8.33. The van der Waals surface area contributed by atoms with Gasteiger partial charge < -0.3 is 0 Å². The summed E-state index contributed by atoms with van der Waals surface area (Å²) in [6.07, 6.45) is 26.9. The predicted molar refractivity (Wildman–Crippen MR) is 305 cm³/mol. The molecule has 1 aliphatic carbocycles. The Kier molecular flexibility index (Phi) is 14.0. The molecule has 0 heteroatoms. The lowest BCUT2D eigenvalue weighted by atomic mass is 9.76. The van der Waals surface area contributed by atoms with E-state index in [1.54, 1.807) is 0 Å². The average Bonchev–Trinajstić information content (AvgIpc) is 3.45. The van der Waals surface area contributed by atoms with Crippen LogP contribution in [0.4, 0.5) is 0 Å². The van der Waals surface area contributed by atoms with Crippen molar-refractivity contribution in [1.29, 1.82) is 0 Å². The third-order valence-corrected chi connectivity index (χ3v) is 13.5. The number of fused-ring (bicyclic) bond motifs is 4. The molecule has 0 amide bonds. The molecule has 0 unspecified atom stereocenters. The van der Waals surface area contributed by atoms with Crippen LogP contribution in [0.25, 0.3) is 107 Å². The second-order valence-corrected chi connectivity index (χ2v) is 17.7. The van der Waals surface area contributed by atoms with Gasteiger partial charge in [0.1, 0.15) is 0 Å². The zero-order valence-corrected chi connectivity index (χ0v) is 40.5. The minimum Gasteiger partial charge on any atom is -0.0990 e. The van der Waals surface area contributed by atoms with Crippen LogP contribution in [0.1, 0.15) is 80.0 Å². The van der Waals surface area contributed by atoms with E-state index in [-0.39, 0.29) is 5.41 Å². The van der Waals surface area contributed by atoms with E-state index >= 15 is 0 Å². The van der Waals surface area contributed by atoms with Crippen LogP contribution < -0.4 is 0 Å². The van der Waals surface area contributed by atoms with Crippen molar-refractivity contribution in [1.82, 2.24) is 0 Å². The van der Waals surface area contributed by atoms with Gasteiger partial charge in [0.25, 0.3) is 0 Å². The number of benzene rings is 8. The lowest BCUT2D eigenvalue weighted by Crippen LogP contribution is -2.18. The van der Waals surface area contributed by atoms with E-state index in [0.717, 1.165) is 84.8 Å². The van der Waals surface area contributed by atoms with Gasteiger partial charge >= 0.3 is 0 Å². The topological polar surface area (TPSA) is 0 Å². The van der Waals surface area contributed by atoms with Crippen LogP contribution >= 0.6 is 0 Å². The maximum Gasteiger partial charge on any atom is -0.00203 e. The molecule has 0 fully saturated rings. The average molecular weight is 879 g/mol. The normalized spacial score (nSPS) is 14.2. The monoisotopic (exact) mass is 878 g/mol. The van der Waals surface area contributed by atoms with Gasteiger partial charge in [-0.15, -0.1) is 0 Å². The highest BCUT2D eigenvalue weighted by atomic mass is 14.3. The molecule has 334 valence electrons. The fourth-order valence-corrected chi connectivity index (χ4v) is 10.5. The largest absolute Gasteiger partial charge is 0.0990 e. The Hall–Kier alpha value is -7.80. The molecule has 0 saturated carbocycles. The molecular weight excluding hydrogens is 817 g/mol. The van der Waals surface area contributed by atoms with Crippen molar-refractivity contribution >= 4 is 62.2 Å². The highest BCUT2D eigenvalue weighted by Crippen LogP contribution is 2.48. The van der Waals surface area contributed by atoms with Crippen molar-refractivity contribution < 1.29 is 0 Å². The molecule has 0 N–H and O–H groups in total. The van der Waals surface area contributed by atoms with Crippen molar-refractivity contribution in [2.45, 2.75) is 52.9 Å². The van der Waals surface area contributed by atoms with Gasteiger partial charge in [0.15, 0.2) is 0 Å². The van der Waals surface area contributed by atoms with E-state index in [0.29, 0.717) is 0 Å². The summed E-state index contributed by atoms with van der Waals surface area (Å²) < 4.78 is 0. The van der Waals surface area contributed by atoms with Crippen molar-refractivity contribution in [2.75, 3.05) is 0 Å². The lowest BCUT2D eigenvalue weighted by Gasteiger charge is -2.28. The van der Waals surface area contributed by atoms with E-state index in [2.05, 4.69) is 217 Å². The molecule has 0 heterocycles. The van der Waals surface area contributed by atoms with Crippen molar-refractivity contribution in [3.05, 3.63) is 248 Å². The smallest absolute Gasteiger partial charge is 0.00203 e. The molecule has 9 rings (SSSR count). The second-order valence-electron chi connectivity index (χ2n) is 17.7. The molecule has 0 saturated heterocycles. The third-order valence-electron chi connectivity index (χ3n) is 13.5. The van der Waals surface area contributed by atoms with E-state index in [9.17, 15) is 0 Å². The van der Waals surface area contributed by atoms with E-state index in [1.807, 2.05) is 51.2 Å². The Labute approximate surface area is 405 Å². The van der Waals surface area contributed by atoms with E-state index in [4.69, 9.17) is 0 Å². The SMILES string of the molecule is C=C/C=C(\C=C/C)c1c(C=C)c(C=C)c(-c2ccc(-c3ccc(-c4c(C=C)c(C=C)c(-c5ccc6c(c5)C(C)(C)C/C=C\C=C/C6)c5ccccc45)cc3)c3ccccc23)c2ccccc12.CC. The van der Waals surface area contributed by atoms with Crippen LogP contribution in [0.3, 0.4) is 0 Å². The van der Waals surface area contributed by atoms with Crippen LogP contribution in [-0.2, 0) is 11.8 Å². The van der Waals surface area contributed by atoms with Crippen LogP contribution in [0, 0.1) is 0 Å². The second kappa shape index (κ2) is 20.4. The molecule has 0 atom stereocenters. The fraction of sp³-hybridized carbons (Fsp3) is 0.118. The Morgan fingerprint density at radius 2 is 0.985 bits per heavy atom. The molecule has 8 aromatic rings. The summed E-state index contributed by atoms with van der Waals surface area (Å²) in [6, 6.07) is 47.0. The first-order valence-corrected chi connectivity index (χ1v) is 24.0.